The first-order valence-electron chi connectivity index (χ1n) is 11.8. The molecule has 2 fully saturated rings. The van der Waals surface area contributed by atoms with Crippen molar-refractivity contribution < 1.29 is 9.59 Å². The average molecular weight is 470 g/mol. The maximum atomic E-state index is 12.6. The lowest BCUT2D eigenvalue weighted by Gasteiger charge is -2.31. The summed E-state index contributed by atoms with van der Waals surface area (Å²) in [6, 6.07) is 9.96. The van der Waals surface area contributed by atoms with Crippen LogP contribution in [0.3, 0.4) is 0 Å². The SMILES string of the molecule is CC(=O)N1CCC(CNc2cccc(-c3cc(NC(=O)C4CCCNC4)ncc3Cl)c2)CC1. The van der Waals surface area contributed by atoms with Crippen LogP contribution in [0.4, 0.5) is 11.5 Å². The number of rotatable bonds is 6. The summed E-state index contributed by atoms with van der Waals surface area (Å²) in [5.41, 5.74) is 2.82. The third kappa shape index (κ3) is 6.24. The van der Waals surface area contributed by atoms with Crippen molar-refractivity contribution in [3.63, 3.8) is 0 Å². The zero-order valence-electron chi connectivity index (χ0n) is 19.1. The molecule has 2 aromatic rings. The van der Waals surface area contributed by atoms with Gasteiger partial charge in [0, 0.05) is 50.6 Å². The molecule has 0 bridgehead atoms. The lowest BCUT2D eigenvalue weighted by Crippen LogP contribution is -2.38. The van der Waals surface area contributed by atoms with Gasteiger partial charge in [0.15, 0.2) is 0 Å². The van der Waals surface area contributed by atoms with Gasteiger partial charge >= 0.3 is 0 Å². The smallest absolute Gasteiger partial charge is 0.229 e. The summed E-state index contributed by atoms with van der Waals surface area (Å²) in [5, 5.41) is 10.3. The number of anilines is 2. The van der Waals surface area contributed by atoms with Crippen molar-refractivity contribution in [1.82, 2.24) is 15.2 Å². The van der Waals surface area contributed by atoms with Crippen LogP contribution in [0.2, 0.25) is 5.02 Å². The van der Waals surface area contributed by atoms with Gasteiger partial charge in [-0.1, -0.05) is 23.7 Å². The van der Waals surface area contributed by atoms with Gasteiger partial charge < -0.3 is 20.9 Å². The van der Waals surface area contributed by atoms with Crippen molar-refractivity contribution in [1.29, 1.82) is 0 Å². The van der Waals surface area contributed by atoms with Crippen LogP contribution in [-0.4, -0.2) is 54.4 Å². The van der Waals surface area contributed by atoms with Gasteiger partial charge in [0.2, 0.25) is 11.8 Å². The van der Waals surface area contributed by atoms with E-state index in [-0.39, 0.29) is 17.7 Å². The quantitative estimate of drug-likeness (QED) is 0.595. The van der Waals surface area contributed by atoms with Gasteiger partial charge in [-0.2, -0.15) is 0 Å². The zero-order valence-corrected chi connectivity index (χ0v) is 19.8. The van der Waals surface area contributed by atoms with Gasteiger partial charge in [-0.05, 0) is 61.9 Å². The molecule has 33 heavy (non-hydrogen) atoms. The normalized spacial score (nSPS) is 19.2. The minimum absolute atomic E-state index is 0.00536. The highest BCUT2D eigenvalue weighted by atomic mass is 35.5. The minimum Gasteiger partial charge on any atom is -0.385 e. The van der Waals surface area contributed by atoms with E-state index in [1.807, 2.05) is 29.2 Å². The highest BCUT2D eigenvalue weighted by Gasteiger charge is 2.22. The molecule has 176 valence electrons. The van der Waals surface area contributed by atoms with Gasteiger partial charge in [0.05, 0.1) is 10.9 Å². The Kier molecular flexibility index (Phi) is 7.83. The van der Waals surface area contributed by atoms with Crippen molar-refractivity contribution in [2.45, 2.75) is 32.6 Å². The highest BCUT2D eigenvalue weighted by Crippen LogP contribution is 2.31. The van der Waals surface area contributed by atoms with Crippen LogP contribution < -0.4 is 16.0 Å². The van der Waals surface area contributed by atoms with Crippen LogP contribution in [0, 0.1) is 11.8 Å². The van der Waals surface area contributed by atoms with E-state index in [1.54, 1.807) is 13.1 Å². The van der Waals surface area contributed by atoms with Crippen molar-refractivity contribution in [3.8, 4) is 11.1 Å². The van der Waals surface area contributed by atoms with E-state index < -0.39 is 0 Å². The molecule has 3 N–H and O–H groups in total. The van der Waals surface area contributed by atoms with Crippen LogP contribution in [0.1, 0.15) is 32.6 Å². The fourth-order valence-corrected chi connectivity index (χ4v) is 4.76. The fraction of sp³-hybridized carbons (Fsp3) is 0.480. The molecule has 7 nitrogen and oxygen atoms in total. The van der Waals surface area contributed by atoms with Crippen molar-refractivity contribution >= 4 is 34.9 Å². The Bertz CT molecular complexity index is 985. The number of carbonyl (C=O) groups is 2. The van der Waals surface area contributed by atoms with Crippen LogP contribution in [0.5, 0.6) is 0 Å². The molecule has 0 spiro atoms. The topological polar surface area (TPSA) is 86.4 Å². The fourth-order valence-electron chi connectivity index (χ4n) is 4.54. The second-order valence-corrected chi connectivity index (χ2v) is 9.40. The van der Waals surface area contributed by atoms with Gasteiger partial charge in [0.25, 0.3) is 0 Å². The molecule has 3 heterocycles. The molecule has 4 rings (SSSR count). The Morgan fingerprint density at radius 3 is 2.76 bits per heavy atom. The number of benzene rings is 1. The third-order valence-corrected chi connectivity index (χ3v) is 6.90. The molecule has 8 heteroatoms. The van der Waals surface area contributed by atoms with E-state index in [0.717, 1.165) is 68.7 Å². The Hall–Kier alpha value is -2.64. The van der Waals surface area contributed by atoms with E-state index >= 15 is 0 Å². The number of pyridine rings is 1. The minimum atomic E-state index is -0.0329. The number of hydrogen-bond donors (Lipinski definition) is 3. The number of halogens is 1. The molecule has 2 aliphatic rings. The van der Waals surface area contributed by atoms with E-state index in [2.05, 4.69) is 27.0 Å². The van der Waals surface area contributed by atoms with Crippen molar-refractivity contribution in [3.05, 3.63) is 41.6 Å². The lowest BCUT2D eigenvalue weighted by molar-refractivity contribution is -0.130. The molecule has 2 amide bonds. The van der Waals surface area contributed by atoms with Crippen LogP contribution in [-0.2, 0) is 9.59 Å². The summed E-state index contributed by atoms with van der Waals surface area (Å²) < 4.78 is 0. The summed E-state index contributed by atoms with van der Waals surface area (Å²) in [5.74, 6) is 1.18. The lowest BCUT2D eigenvalue weighted by atomic mass is 9.96. The molecule has 0 aliphatic carbocycles. The average Bonchev–Trinajstić information content (AvgIpc) is 2.85. The predicted molar refractivity (Wildman–Crippen MR) is 132 cm³/mol. The monoisotopic (exact) mass is 469 g/mol. The molecular formula is C25H32ClN5O2. The van der Waals surface area contributed by atoms with Crippen LogP contribution >= 0.6 is 11.6 Å². The first kappa shape index (κ1) is 23.5. The van der Waals surface area contributed by atoms with Crippen LogP contribution in [0.15, 0.2) is 36.5 Å². The number of piperidine rings is 2. The molecular weight excluding hydrogens is 438 g/mol. The van der Waals surface area contributed by atoms with Crippen molar-refractivity contribution in [2.24, 2.45) is 11.8 Å². The number of hydrogen-bond acceptors (Lipinski definition) is 5. The second kappa shape index (κ2) is 11.0. The summed E-state index contributed by atoms with van der Waals surface area (Å²) in [4.78, 5) is 30.3. The Morgan fingerprint density at radius 2 is 2.03 bits per heavy atom. The molecule has 0 radical (unpaired) electrons. The van der Waals surface area contributed by atoms with Gasteiger partial charge in [-0.3, -0.25) is 9.59 Å². The third-order valence-electron chi connectivity index (χ3n) is 6.60. The maximum absolute atomic E-state index is 12.6. The Labute approximate surface area is 200 Å². The molecule has 0 saturated carbocycles. The second-order valence-electron chi connectivity index (χ2n) is 8.99. The van der Waals surface area contributed by atoms with E-state index in [1.165, 1.54) is 0 Å². The zero-order chi connectivity index (χ0) is 23.2. The first-order valence-corrected chi connectivity index (χ1v) is 12.1. The molecule has 1 aromatic heterocycles. The van der Waals surface area contributed by atoms with E-state index in [4.69, 9.17) is 11.6 Å². The predicted octanol–water partition coefficient (Wildman–Crippen LogP) is 4.01. The summed E-state index contributed by atoms with van der Waals surface area (Å²) in [7, 11) is 0. The number of nitrogens with one attached hydrogen (secondary N) is 3. The number of carbonyl (C=O) groups excluding carboxylic acids is 2. The van der Waals surface area contributed by atoms with E-state index in [9.17, 15) is 9.59 Å². The number of aromatic nitrogens is 1. The highest BCUT2D eigenvalue weighted by molar-refractivity contribution is 6.33. The molecule has 2 aliphatic heterocycles. The standard InChI is InChI=1S/C25H32ClN5O2/c1-17(32)31-10-7-18(8-11-31)14-28-21-6-2-4-19(12-21)22-13-24(29-16-23(22)26)30-25(33)20-5-3-9-27-15-20/h2,4,6,12-13,16,18,20,27-28H,3,5,7-11,14-15H2,1H3,(H,29,30,33). The largest absolute Gasteiger partial charge is 0.385 e. The maximum Gasteiger partial charge on any atom is 0.229 e. The molecule has 1 atom stereocenters. The summed E-state index contributed by atoms with van der Waals surface area (Å²) in [6.45, 7) is 5.84. The Morgan fingerprint density at radius 1 is 1.21 bits per heavy atom. The first-order chi connectivity index (χ1) is 16.0. The summed E-state index contributed by atoms with van der Waals surface area (Å²) in [6.07, 6.45) is 5.52. The van der Waals surface area contributed by atoms with Gasteiger partial charge in [0.1, 0.15) is 5.82 Å². The van der Waals surface area contributed by atoms with Gasteiger partial charge in [-0.15, -0.1) is 0 Å². The number of amides is 2. The number of nitrogens with zero attached hydrogens (tertiary/aromatic N) is 2. The van der Waals surface area contributed by atoms with E-state index in [0.29, 0.717) is 23.3 Å². The van der Waals surface area contributed by atoms with Crippen molar-refractivity contribution in [2.75, 3.05) is 43.4 Å². The molecule has 1 aromatic carbocycles. The Balaban J connectivity index is 1.39. The molecule has 1 unspecified atom stereocenters. The van der Waals surface area contributed by atoms with Gasteiger partial charge in [-0.25, -0.2) is 4.98 Å². The molecule has 2 saturated heterocycles. The number of likely N-dealkylation sites (tertiary alicyclic amines) is 1. The summed E-state index contributed by atoms with van der Waals surface area (Å²) >= 11 is 6.47. The van der Waals surface area contributed by atoms with Crippen LogP contribution in [0.25, 0.3) is 11.1 Å².